The molecule has 0 aromatic carbocycles. The van der Waals surface area contributed by atoms with Crippen LogP contribution in [0.15, 0.2) is 5.10 Å². The lowest BCUT2D eigenvalue weighted by Crippen LogP contribution is -2.19. The topological polar surface area (TPSA) is 18.4 Å². The molecule has 0 spiro atoms. The Morgan fingerprint density at radius 3 is 1.88 bits per heavy atom. The summed E-state index contributed by atoms with van der Waals surface area (Å²) in [6.07, 6.45) is 0. The van der Waals surface area contributed by atoms with Crippen molar-refractivity contribution in [1.29, 1.82) is 0 Å². The van der Waals surface area contributed by atoms with E-state index in [2.05, 4.69) is 11.8 Å². The molecule has 0 saturated carbocycles. The quantitative estimate of drug-likeness (QED) is 0.265. The second kappa shape index (κ2) is 1.21. The van der Waals surface area contributed by atoms with Gasteiger partial charge in [0.1, 0.15) is 14.1 Å². The van der Waals surface area contributed by atoms with Gasteiger partial charge < -0.3 is 0 Å². The average Bonchev–Trinajstić information content (AvgIpc) is 2.09. The van der Waals surface area contributed by atoms with Crippen molar-refractivity contribution >= 4 is 6.72 Å². The first kappa shape index (κ1) is 5.53. The minimum absolute atomic E-state index is 0.684. The number of nitrogens with zero attached hydrogens (tertiary/aromatic N) is 4. The summed E-state index contributed by atoms with van der Waals surface area (Å²) in [7, 11) is 6.00. The van der Waals surface area contributed by atoms with Crippen LogP contribution in [0.3, 0.4) is 0 Å². The van der Waals surface area contributed by atoms with Crippen LogP contribution >= 0.6 is 0 Å². The van der Waals surface area contributed by atoms with Crippen LogP contribution in [0.4, 0.5) is 0 Å². The molecular formula is C4H11N4+. The lowest BCUT2D eigenvalue weighted by molar-refractivity contribution is -0.875. The molecular weight excluding hydrogens is 104 g/mol. The molecule has 0 radical (unpaired) electrons. The molecule has 1 fully saturated rings. The normalized spacial score (nSPS) is 32.4. The number of quaternary nitrogens is 1. The fourth-order valence-corrected chi connectivity index (χ4v) is 0.683. The minimum atomic E-state index is 0.684. The van der Waals surface area contributed by atoms with E-state index in [1.165, 1.54) is 0 Å². The van der Waals surface area contributed by atoms with Gasteiger partial charge in [0, 0.05) is 17.1 Å². The van der Waals surface area contributed by atoms with Gasteiger partial charge >= 0.3 is 0 Å². The second-order valence-corrected chi connectivity index (χ2v) is 2.24. The number of hydrazone groups is 1. The van der Waals surface area contributed by atoms with Crippen molar-refractivity contribution in [3.8, 4) is 0 Å². The van der Waals surface area contributed by atoms with Crippen LogP contribution in [0, 0.1) is 0 Å². The third-order valence-electron chi connectivity index (χ3n) is 1.50. The zero-order valence-corrected chi connectivity index (χ0v) is 5.50. The summed E-state index contributed by atoms with van der Waals surface area (Å²) in [5, 5.41) is 7.43. The molecule has 1 aliphatic rings. The predicted molar refractivity (Wildman–Crippen MR) is 31.3 cm³/mol. The highest BCUT2D eigenvalue weighted by atomic mass is 16.4. The monoisotopic (exact) mass is 115 g/mol. The van der Waals surface area contributed by atoms with Gasteiger partial charge in [0.25, 0.3) is 0 Å². The maximum Gasteiger partial charge on any atom is 0.115 e. The zero-order valence-electron chi connectivity index (χ0n) is 5.50. The molecule has 8 heavy (non-hydrogen) atoms. The Bertz CT molecular complexity index is 119. The van der Waals surface area contributed by atoms with Crippen molar-refractivity contribution in [1.82, 2.24) is 10.3 Å². The van der Waals surface area contributed by atoms with Crippen LogP contribution in [0.25, 0.3) is 0 Å². The Labute approximate surface area is 49.1 Å². The first-order chi connectivity index (χ1) is 3.60. The summed E-state index contributed by atoms with van der Waals surface area (Å²) >= 11 is 0. The molecule has 0 amide bonds. The fraction of sp³-hybridized carbons (Fsp3) is 0.750. The van der Waals surface area contributed by atoms with Gasteiger partial charge in [-0.15, -0.1) is 5.10 Å². The molecule has 1 atom stereocenters. The van der Waals surface area contributed by atoms with E-state index in [-0.39, 0.29) is 0 Å². The van der Waals surface area contributed by atoms with Crippen LogP contribution in [-0.2, 0) is 0 Å². The molecule has 0 bridgehead atoms. The van der Waals surface area contributed by atoms with E-state index in [9.17, 15) is 0 Å². The molecule has 1 aliphatic heterocycles. The lowest BCUT2D eigenvalue weighted by atomic mass is 11.1. The lowest BCUT2D eigenvalue weighted by Gasteiger charge is -1.92. The molecule has 0 aromatic heterocycles. The second-order valence-electron chi connectivity index (χ2n) is 2.24. The summed E-state index contributed by atoms with van der Waals surface area (Å²) in [5.41, 5.74) is 0. The van der Waals surface area contributed by atoms with Gasteiger partial charge in [-0.3, -0.25) is 0 Å². The van der Waals surface area contributed by atoms with Gasteiger partial charge in [-0.05, 0) is 0 Å². The summed E-state index contributed by atoms with van der Waals surface area (Å²) in [6, 6.07) is 0. The molecule has 0 aliphatic carbocycles. The van der Waals surface area contributed by atoms with E-state index in [0.29, 0.717) is 4.70 Å². The molecule has 0 N–H and O–H groups in total. The van der Waals surface area contributed by atoms with Crippen LogP contribution in [-0.4, -0.2) is 42.9 Å². The van der Waals surface area contributed by atoms with E-state index >= 15 is 0 Å². The molecule has 46 valence electrons. The van der Waals surface area contributed by atoms with E-state index in [1.54, 1.807) is 5.23 Å². The van der Waals surface area contributed by atoms with Gasteiger partial charge in [-0.2, -0.15) is 0 Å². The Hall–Kier alpha value is -0.610. The number of hydrogen-bond acceptors (Lipinski definition) is 3. The number of hydrogen-bond donors (Lipinski definition) is 0. The molecule has 4 heteroatoms. The highest BCUT2D eigenvalue weighted by Gasteiger charge is 2.54. The van der Waals surface area contributed by atoms with Crippen molar-refractivity contribution in [2.24, 2.45) is 5.10 Å². The van der Waals surface area contributed by atoms with Crippen molar-refractivity contribution < 1.29 is 4.70 Å². The van der Waals surface area contributed by atoms with Gasteiger partial charge in [-0.25, -0.2) is 0 Å². The van der Waals surface area contributed by atoms with Gasteiger partial charge in [-0.1, -0.05) is 4.70 Å². The zero-order chi connectivity index (χ0) is 6.36. The van der Waals surface area contributed by atoms with Crippen LogP contribution in [0.5, 0.6) is 0 Å². The average molecular weight is 115 g/mol. The van der Waals surface area contributed by atoms with E-state index in [0.717, 1.165) is 0 Å². The van der Waals surface area contributed by atoms with Gasteiger partial charge in [0.05, 0.1) is 7.05 Å². The van der Waals surface area contributed by atoms with Crippen molar-refractivity contribution in [2.75, 3.05) is 21.1 Å². The highest BCUT2D eigenvalue weighted by molar-refractivity contribution is 5.22. The Balaban J connectivity index is 2.57. The standard InChI is InChI=1S/C4H11N4/c1-5-7-6(2)8(7,3)4/h1H2,2-4H3/q+1. The summed E-state index contributed by atoms with van der Waals surface area (Å²) in [5.74, 6) is 0. The Morgan fingerprint density at radius 2 is 1.88 bits per heavy atom. The largest absolute Gasteiger partial charge is 0.122 e. The first-order valence-electron chi connectivity index (χ1n) is 2.46. The predicted octanol–water partition coefficient (Wildman–Crippen LogP) is -0.329. The Morgan fingerprint density at radius 1 is 1.50 bits per heavy atom. The third kappa shape index (κ3) is 0.439. The minimum Gasteiger partial charge on any atom is -0.122 e. The number of rotatable bonds is 1. The van der Waals surface area contributed by atoms with Crippen LogP contribution in [0.2, 0.25) is 0 Å². The molecule has 1 unspecified atom stereocenters. The highest BCUT2D eigenvalue weighted by Crippen LogP contribution is 2.27. The van der Waals surface area contributed by atoms with Gasteiger partial charge in [0.15, 0.2) is 0 Å². The fourth-order valence-electron chi connectivity index (χ4n) is 0.683. The summed E-state index contributed by atoms with van der Waals surface area (Å²) < 4.78 is 0.684. The van der Waals surface area contributed by atoms with E-state index in [4.69, 9.17) is 0 Å². The van der Waals surface area contributed by atoms with Crippen LogP contribution in [0.1, 0.15) is 0 Å². The van der Waals surface area contributed by atoms with Crippen LogP contribution < -0.4 is 0 Å². The smallest absolute Gasteiger partial charge is 0.115 e. The summed E-state index contributed by atoms with van der Waals surface area (Å²) in [4.78, 5) is 0. The van der Waals surface area contributed by atoms with Crippen molar-refractivity contribution in [3.05, 3.63) is 0 Å². The molecule has 1 rings (SSSR count). The Kier molecular flexibility index (Phi) is 0.835. The molecule has 0 aromatic rings. The third-order valence-corrected chi connectivity index (χ3v) is 1.50. The molecule has 1 heterocycles. The molecule has 1 saturated heterocycles. The SMILES string of the molecule is C=NN1N(C)[N+]1(C)C. The molecule has 4 nitrogen and oxygen atoms in total. The van der Waals surface area contributed by atoms with Crippen molar-refractivity contribution in [3.63, 3.8) is 0 Å². The maximum atomic E-state index is 3.72. The maximum absolute atomic E-state index is 3.72. The first-order valence-corrected chi connectivity index (χ1v) is 2.46. The van der Waals surface area contributed by atoms with Gasteiger partial charge in [0.2, 0.25) is 0 Å². The summed E-state index contributed by atoms with van der Waals surface area (Å²) in [6.45, 7) is 3.39. The van der Waals surface area contributed by atoms with Crippen molar-refractivity contribution in [2.45, 2.75) is 0 Å². The number of hydrazine groups is 1. The van der Waals surface area contributed by atoms with E-state index < -0.39 is 0 Å². The van der Waals surface area contributed by atoms with E-state index in [1.807, 2.05) is 26.3 Å².